The highest BCUT2D eigenvalue weighted by atomic mass is 19.3. The van der Waals surface area contributed by atoms with E-state index in [2.05, 4.69) is 15.3 Å². The smallest absolute Gasteiger partial charge is 0.266 e. The van der Waals surface area contributed by atoms with Crippen LogP contribution in [0.5, 0.6) is 5.75 Å². The Morgan fingerprint density at radius 2 is 1.66 bits per heavy atom. The van der Waals surface area contributed by atoms with Crippen molar-refractivity contribution >= 4 is 16.7 Å². The number of nitrogens with zero attached hydrogens (tertiary/aromatic N) is 2. The van der Waals surface area contributed by atoms with E-state index in [4.69, 9.17) is 4.74 Å². The van der Waals surface area contributed by atoms with E-state index >= 15 is 0 Å². The van der Waals surface area contributed by atoms with Crippen molar-refractivity contribution in [1.82, 2.24) is 9.97 Å². The van der Waals surface area contributed by atoms with Crippen LogP contribution in [-0.2, 0) is 0 Å². The van der Waals surface area contributed by atoms with Crippen LogP contribution in [0.25, 0.3) is 22.0 Å². The van der Waals surface area contributed by atoms with Crippen LogP contribution < -0.4 is 10.1 Å². The molecule has 0 amide bonds. The second kappa shape index (κ2) is 8.86. The molecule has 7 heteroatoms. The predicted molar refractivity (Wildman–Crippen MR) is 120 cm³/mol. The van der Waals surface area contributed by atoms with Gasteiger partial charge in [-0.2, -0.15) is 0 Å². The van der Waals surface area contributed by atoms with Crippen molar-refractivity contribution in [2.45, 2.75) is 26.3 Å². The number of anilines is 1. The Morgan fingerprint density at radius 3 is 2.34 bits per heavy atom. The van der Waals surface area contributed by atoms with Gasteiger partial charge in [0.05, 0.1) is 24.2 Å². The minimum atomic E-state index is -2.88. The topological polar surface area (TPSA) is 47.0 Å². The first-order chi connectivity index (χ1) is 15.4. The number of aromatic nitrogens is 2. The van der Waals surface area contributed by atoms with Crippen molar-refractivity contribution in [2.24, 2.45) is 0 Å². The lowest BCUT2D eigenvalue weighted by atomic mass is 10.0. The average Bonchev–Trinajstić information content (AvgIpc) is 2.78. The van der Waals surface area contributed by atoms with E-state index in [0.717, 1.165) is 17.2 Å². The Labute approximate surface area is 184 Å². The molecule has 164 valence electrons. The van der Waals surface area contributed by atoms with E-state index in [1.165, 1.54) is 12.1 Å². The maximum Gasteiger partial charge on any atom is 0.266 e. The van der Waals surface area contributed by atoms with Crippen LogP contribution in [-0.4, -0.2) is 17.1 Å². The SMILES string of the molecule is COc1cc2c(N[C@H](C)c3cccc(C(F)F)c3F)nc(C)nc2cc1-c1ccccc1. The molecule has 0 fully saturated rings. The fourth-order valence-corrected chi connectivity index (χ4v) is 3.75. The number of rotatable bonds is 6. The van der Waals surface area contributed by atoms with Crippen molar-refractivity contribution in [3.63, 3.8) is 0 Å². The third kappa shape index (κ3) is 4.10. The van der Waals surface area contributed by atoms with Gasteiger partial charge in [-0.15, -0.1) is 0 Å². The molecule has 0 radical (unpaired) electrons. The molecule has 4 aromatic rings. The Kier molecular flexibility index (Phi) is 5.99. The third-order valence-corrected chi connectivity index (χ3v) is 5.33. The van der Waals surface area contributed by atoms with Gasteiger partial charge in [0.15, 0.2) is 0 Å². The summed E-state index contributed by atoms with van der Waals surface area (Å²) >= 11 is 0. The minimum absolute atomic E-state index is 0.139. The van der Waals surface area contributed by atoms with Crippen molar-refractivity contribution in [1.29, 1.82) is 0 Å². The molecule has 32 heavy (non-hydrogen) atoms. The van der Waals surface area contributed by atoms with Crippen molar-refractivity contribution in [3.05, 3.63) is 83.4 Å². The van der Waals surface area contributed by atoms with Crippen LogP contribution >= 0.6 is 0 Å². The zero-order valence-electron chi connectivity index (χ0n) is 17.9. The van der Waals surface area contributed by atoms with Gasteiger partial charge in [0.25, 0.3) is 6.43 Å². The summed E-state index contributed by atoms with van der Waals surface area (Å²) in [5.74, 6) is 0.720. The molecule has 1 heterocycles. The molecular formula is C25H22F3N3O. The Hall–Kier alpha value is -3.61. The third-order valence-electron chi connectivity index (χ3n) is 5.33. The van der Waals surface area contributed by atoms with Gasteiger partial charge >= 0.3 is 0 Å². The summed E-state index contributed by atoms with van der Waals surface area (Å²) < 4.78 is 46.5. The lowest BCUT2D eigenvalue weighted by Crippen LogP contribution is -2.12. The minimum Gasteiger partial charge on any atom is -0.496 e. The predicted octanol–water partition coefficient (Wildman–Crippen LogP) is 6.86. The average molecular weight is 437 g/mol. The van der Waals surface area contributed by atoms with Gasteiger partial charge in [-0.25, -0.2) is 23.1 Å². The number of hydrogen-bond acceptors (Lipinski definition) is 4. The lowest BCUT2D eigenvalue weighted by molar-refractivity contribution is 0.146. The maximum atomic E-state index is 14.7. The molecular weight excluding hydrogens is 415 g/mol. The van der Waals surface area contributed by atoms with Gasteiger partial charge in [0.2, 0.25) is 0 Å². The van der Waals surface area contributed by atoms with Crippen molar-refractivity contribution in [2.75, 3.05) is 12.4 Å². The van der Waals surface area contributed by atoms with E-state index in [1.807, 2.05) is 42.5 Å². The van der Waals surface area contributed by atoms with E-state index in [1.54, 1.807) is 21.0 Å². The van der Waals surface area contributed by atoms with Crippen LogP contribution in [0.4, 0.5) is 19.0 Å². The number of aryl methyl sites for hydroxylation is 1. The summed E-state index contributed by atoms with van der Waals surface area (Å²) in [5.41, 5.74) is 2.08. The highest BCUT2D eigenvalue weighted by Gasteiger charge is 2.21. The number of methoxy groups -OCH3 is 1. The maximum absolute atomic E-state index is 14.7. The Morgan fingerprint density at radius 1 is 0.938 bits per heavy atom. The van der Waals surface area contributed by atoms with Gasteiger partial charge in [-0.1, -0.05) is 48.5 Å². The number of benzene rings is 3. The molecule has 0 aliphatic carbocycles. The number of ether oxygens (including phenoxy) is 1. The number of hydrogen-bond donors (Lipinski definition) is 1. The van der Waals surface area contributed by atoms with Gasteiger partial charge in [0.1, 0.15) is 23.2 Å². The van der Waals surface area contributed by atoms with Gasteiger partial charge < -0.3 is 10.1 Å². The number of fused-ring (bicyclic) bond motifs is 1. The van der Waals surface area contributed by atoms with Crippen molar-refractivity contribution in [3.8, 4) is 16.9 Å². The van der Waals surface area contributed by atoms with E-state index in [0.29, 0.717) is 28.3 Å². The molecule has 0 spiro atoms. The molecule has 3 aromatic carbocycles. The summed E-state index contributed by atoms with van der Waals surface area (Å²) in [5, 5.41) is 3.85. The molecule has 0 saturated heterocycles. The van der Waals surface area contributed by atoms with Crippen LogP contribution in [0.2, 0.25) is 0 Å². The Bertz CT molecular complexity index is 1260. The molecule has 4 nitrogen and oxygen atoms in total. The van der Waals surface area contributed by atoms with E-state index in [-0.39, 0.29) is 5.56 Å². The first-order valence-corrected chi connectivity index (χ1v) is 10.1. The van der Waals surface area contributed by atoms with Crippen molar-refractivity contribution < 1.29 is 17.9 Å². The normalized spacial score (nSPS) is 12.2. The number of nitrogens with one attached hydrogen (secondary N) is 1. The first kappa shape index (κ1) is 21.6. The molecule has 1 aromatic heterocycles. The monoisotopic (exact) mass is 437 g/mol. The summed E-state index contributed by atoms with van der Waals surface area (Å²) in [6.45, 7) is 3.46. The molecule has 1 atom stereocenters. The summed E-state index contributed by atoms with van der Waals surface area (Å²) in [7, 11) is 1.59. The van der Waals surface area contributed by atoms with Gasteiger partial charge in [-0.05, 0) is 31.5 Å². The number of alkyl halides is 2. The molecule has 0 saturated carbocycles. The van der Waals surface area contributed by atoms with Crippen LogP contribution in [0.3, 0.4) is 0 Å². The van der Waals surface area contributed by atoms with Gasteiger partial charge in [-0.3, -0.25) is 0 Å². The second-order valence-corrected chi connectivity index (χ2v) is 7.47. The largest absolute Gasteiger partial charge is 0.496 e. The van der Waals surface area contributed by atoms with E-state index in [9.17, 15) is 13.2 Å². The number of halogens is 3. The van der Waals surface area contributed by atoms with Gasteiger partial charge in [0, 0.05) is 16.5 Å². The van der Waals surface area contributed by atoms with Crippen LogP contribution in [0.1, 0.15) is 36.3 Å². The summed E-state index contributed by atoms with van der Waals surface area (Å²) in [6.07, 6.45) is -2.88. The van der Waals surface area contributed by atoms with Crippen LogP contribution in [0.15, 0.2) is 60.7 Å². The fraction of sp³-hybridized carbons (Fsp3) is 0.200. The Balaban J connectivity index is 1.79. The summed E-state index contributed by atoms with van der Waals surface area (Å²) in [4.78, 5) is 9.04. The quantitative estimate of drug-likeness (QED) is 0.358. The molecule has 0 aliphatic rings. The molecule has 1 N–H and O–H groups in total. The molecule has 0 aliphatic heterocycles. The molecule has 0 unspecified atom stereocenters. The zero-order valence-corrected chi connectivity index (χ0v) is 17.9. The standard InChI is InChI=1S/C25H22F3N3O/c1-14(17-10-7-11-18(23(17)26)24(27)28)29-25-20-13-22(32-3)19(16-8-5-4-6-9-16)12-21(20)30-15(2)31-25/h4-14,24H,1-3H3,(H,29,30,31)/t14-/m1/s1. The van der Waals surface area contributed by atoms with Crippen LogP contribution in [0, 0.1) is 12.7 Å². The molecule has 0 bridgehead atoms. The van der Waals surface area contributed by atoms with E-state index < -0.39 is 23.8 Å². The first-order valence-electron chi connectivity index (χ1n) is 10.1. The molecule has 4 rings (SSSR count). The zero-order chi connectivity index (χ0) is 22.8. The second-order valence-electron chi connectivity index (χ2n) is 7.47. The highest BCUT2D eigenvalue weighted by molar-refractivity contribution is 5.95. The lowest BCUT2D eigenvalue weighted by Gasteiger charge is -2.19. The fourth-order valence-electron chi connectivity index (χ4n) is 3.75. The summed E-state index contributed by atoms with van der Waals surface area (Å²) in [6, 6.07) is 17.0. The highest BCUT2D eigenvalue weighted by Crippen LogP contribution is 2.37.